The maximum Gasteiger partial charge on any atom is 0.410 e. The van der Waals surface area contributed by atoms with E-state index in [0.29, 0.717) is 0 Å². The Labute approximate surface area is 189 Å². The molecular formula is C28H29NO3. The van der Waals surface area contributed by atoms with Gasteiger partial charge in [0.15, 0.2) is 5.78 Å². The van der Waals surface area contributed by atoms with E-state index in [2.05, 4.69) is 13.0 Å². The number of ketones is 1. The molecule has 2 unspecified atom stereocenters. The van der Waals surface area contributed by atoms with Gasteiger partial charge in [-0.15, -0.1) is 0 Å². The third-order valence-electron chi connectivity index (χ3n) is 7.17. The van der Waals surface area contributed by atoms with Crippen LogP contribution in [0.1, 0.15) is 53.6 Å². The molecule has 0 N–H and O–H groups in total. The second kappa shape index (κ2) is 8.78. The summed E-state index contributed by atoms with van der Waals surface area (Å²) in [6, 6.07) is 22.1. The summed E-state index contributed by atoms with van der Waals surface area (Å²) in [5.41, 5.74) is 2.99. The van der Waals surface area contributed by atoms with Crippen molar-refractivity contribution in [2.75, 3.05) is 0 Å². The van der Waals surface area contributed by atoms with Gasteiger partial charge in [0.1, 0.15) is 6.61 Å². The fourth-order valence-electron chi connectivity index (χ4n) is 5.57. The average Bonchev–Trinajstić information content (AvgIpc) is 2.82. The van der Waals surface area contributed by atoms with E-state index in [-0.39, 0.29) is 36.5 Å². The molecule has 0 spiro atoms. The first kappa shape index (κ1) is 20.7. The van der Waals surface area contributed by atoms with E-state index in [1.807, 2.05) is 65.6 Å². The highest BCUT2D eigenvalue weighted by Gasteiger charge is 2.43. The van der Waals surface area contributed by atoms with Crippen LogP contribution in [0.2, 0.25) is 0 Å². The maximum absolute atomic E-state index is 13.6. The molecule has 32 heavy (non-hydrogen) atoms. The van der Waals surface area contributed by atoms with Crippen molar-refractivity contribution in [1.82, 2.24) is 4.90 Å². The Kier molecular flexibility index (Phi) is 5.69. The summed E-state index contributed by atoms with van der Waals surface area (Å²) in [6.45, 7) is 2.37. The number of nitrogens with zero attached hydrogens (tertiary/aromatic N) is 1. The van der Waals surface area contributed by atoms with Gasteiger partial charge in [0.25, 0.3) is 0 Å². The number of ether oxygens (including phenoxy) is 1. The van der Waals surface area contributed by atoms with E-state index >= 15 is 0 Å². The zero-order valence-electron chi connectivity index (χ0n) is 18.5. The number of hydrogen-bond acceptors (Lipinski definition) is 3. The summed E-state index contributed by atoms with van der Waals surface area (Å²) in [4.78, 5) is 28.5. The smallest absolute Gasteiger partial charge is 0.410 e. The van der Waals surface area contributed by atoms with Crippen LogP contribution >= 0.6 is 0 Å². The van der Waals surface area contributed by atoms with E-state index in [1.165, 1.54) is 5.56 Å². The number of aryl methyl sites for hydroxylation is 1. The van der Waals surface area contributed by atoms with Crippen LogP contribution in [0.3, 0.4) is 0 Å². The molecule has 4 heteroatoms. The molecule has 0 aromatic heterocycles. The zero-order valence-corrected chi connectivity index (χ0v) is 18.5. The lowest BCUT2D eigenvalue weighted by atomic mass is 9.75. The lowest BCUT2D eigenvalue weighted by Gasteiger charge is -2.47. The zero-order chi connectivity index (χ0) is 22.1. The van der Waals surface area contributed by atoms with E-state index in [9.17, 15) is 9.59 Å². The van der Waals surface area contributed by atoms with Gasteiger partial charge < -0.3 is 9.64 Å². The Morgan fingerprint density at radius 1 is 0.875 bits per heavy atom. The van der Waals surface area contributed by atoms with Crippen molar-refractivity contribution in [3.05, 3.63) is 83.4 Å². The van der Waals surface area contributed by atoms with Crippen LogP contribution in [-0.4, -0.2) is 28.9 Å². The predicted octanol–water partition coefficient (Wildman–Crippen LogP) is 6.30. The Morgan fingerprint density at radius 2 is 1.53 bits per heavy atom. The summed E-state index contributed by atoms with van der Waals surface area (Å²) < 4.78 is 5.66. The fourth-order valence-corrected chi connectivity index (χ4v) is 5.57. The topological polar surface area (TPSA) is 46.6 Å². The largest absolute Gasteiger partial charge is 0.445 e. The van der Waals surface area contributed by atoms with Crippen molar-refractivity contribution in [2.24, 2.45) is 5.92 Å². The Balaban J connectivity index is 1.33. The number of rotatable bonds is 4. The van der Waals surface area contributed by atoms with Gasteiger partial charge in [0, 0.05) is 23.6 Å². The lowest BCUT2D eigenvalue weighted by Crippen LogP contribution is -2.55. The number of benzene rings is 3. The molecular weight excluding hydrogens is 398 g/mol. The molecule has 2 atom stereocenters. The SMILES string of the molecule is Cc1ccc(C(=O)C2CC3CCCC(C2)N3C(=O)OCc2ccccc2)c2ccccc12. The second-order valence-electron chi connectivity index (χ2n) is 9.19. The van der Waals surface area contributed by atoms with Gasteiger partial charge in [-0.2, -0.15) is 0 Å². The van der Waals surface area contributed by atoms with Crippen LogP contribution in [0.25, 0.3) is 10.8 Å². The first-order valence-electron chi connectivity index (χ1n) is 11.6. The highest BCUT2D eigenvalue weighted by atomic mass is 16.6. The van der Waals surface area contributed by atoms with Gasteiger partial charge >= 0.3 is 6.09 Å². The minimum atomic E-state index is -0.241. The number of carbonyl (C=O) groups excluding carboxylic acids is 2. The minimum Gasteiger partial charge on any atom is -0.445 e. The summed E-state index contributed by atoms with van der Waals surface area (Å²) in [5, 5.41) is 2.17. The molecule has 0 saturated carbocycles. The molecule has 0 radical (unpaired) electrons. The van der Waals surface area contributed by atoms with Crippen molar-refractivity contribution in [3.8, 4) is 0 Å². The number of hydrogen-bond donors (Lipinski definition) is 0. The summed E-state index contributed by atoms with van der Waals surface area (Å²) in [6.07, 6.45) is 4.18. The number of piperidine rings is 2. The van der Waals surface area contributed by atoms with Crippen LogP contribution in [0.5, 0.6) is 0 Å². The molecule has 164 valence electrons. The van der Waals surface area contributed by atoms with Crippen molar-refractivity contribution in [2.45, 2.75) is 57.7 Å². The molecule has 5 rings (SSSR count). The van der Waals surface area contributed by atoms with Crippen LogP contribution in [0.15, 0.2) is 66.7 Å². The molecule has 2 saturated heterocycles. The Morgan fingerprint density at radius 3 is 2.25 bits per heavy atom. The molecule has 2 fully saturated rings. The lowest BCUT2D eigenvalue weighted by molar-refractivity contribution is 0.00476. The Bertz CT molecular complexity index is 1130. The van der Waals surface area contributed by atoms with Gasteiger partial charge in [-0.05, 0) is 60.9 Å². The molecule has 2 bridgehead atoms. The van der Waals surface area contributed by atoms with Gasteiger partial charge in [0.2, 0.25) is 0 Å². The van der Waals surface area contributed by atoms with Gasteiger partial charge in [-0.25, -0.2) is 4.79 Å². The Hall–Kier alpha value is -3.14. The molecule has 0 aliphatic carbocycles. The number of Topliss-reactive ketones (excluding diaryl/α,β-unsaturated/α-hetero) is 1. The second-order valence-corrected chi connectivity index (χ2v) is 9.19. The van der Waals surface area contributed by atoms with E-state index in [1.54, 1.807) is 0 Å². The van der Waals surface area contributed by atoms with E-state index in [0.717, 1.165) is 54.0 Å². The molecule has 4 nitrogen and oxygen atoms in total. The monoisotopic (exact) mass is 427 g/mol. The molecule has 3 aromatic rings. The summed E-state index contributed by atoms with van der Waals surface area (Å²) in [7, 11) is 0. The van der Waals surface area contributed by atoms with Gasteiger partial charge in [-0.1, -0.05) is 66.7 Å². The molecule has 1 amide bonds. The van der Waals surface area contributed by atoms with E-state index < -0.39 is 0 Å². The first-order chi connectivity index (χ1) is 15.6. The van der Waals surface area contributed by atoms with Gasteiger partial charge in [0.05, 0.1) is 0 Å². The molecule has 3 aromatic carbocycles. The van der Waals surface area contributed by atoms with E-state index in [4.69, 9.17) is 4.74 Å². The normalized spacial score (nSPS) is 22.5. The standard InChI is InChI=1S/C28H29NO3/c1-19-14-15-26(25-13-6-5-12-24(19)25)27(30)21-16-22-10-7-11-23(17-21)29(22)28(31)32-18-20-8-3-2-4-9-20/h2-6,8-9,12-15,21-23H,7,10-11,16-18H2,1H3. The summed E-state index contributed by atoms with van der Waals surface area (Å²) >= 11 is 0. The third-order valence-corrected chi connectivity index (χ3v) is 7.17. The van der Waals surface area contributed by atoms with Crippen molar-refractivity contribution in [3.63, 3.8) is 0 Å². The summed E-state index contributed by atoms with van der Waals surface area (Å²) in [5.74, 6) is 0.171. The van der Waals surface area contributed by atoms with Crippen LogP contribution in [-0.2, 0) is 11.3 Å². The highest BCUT2D eigenvalue weighted by Crippen LogP contribution is 2.39. The third kappa shape index (κ3) is 3.90. The van der Waals surface area contributed by atoms with Crippen LogP contribution in [0.4, 0.5) is 4.79 Å². The van der Waals surface area contributed by atoms with Crippen molar-refractivity contribution in [1.29, 1.82) is 0 Å². The highest BCUT2D eigenvalue weighted by molar-refractivity contribution is 6.09. The molecule has 2 heterocycles. The fraction of sp³-hybridized carbons (Fsp3) is 0.357. The van der Waals surface area contributed by atoms with Crippen molar-refractivity contribution >= 4 is 22.6 Å². The first-order valence-corrected chi connectivity index (χ1v) is 11.6. The average molecular weight is 428 g/mol. The van der Waals surface area contributed by atoms with Crippen LogP contribution in [0, 0.1) is 12.8 Å². The minimum absolute atomic E-state index is 0.0467. The molecule has 2 aliphatic rings. The molecule has 2 aliphatic heterocycles. The van der Waals surface area contributed by atoms with Gasteiger partial charge in [-0.3, -0.25) is 4.79 Å². The quantitative estimate of drug-likeness (QED) is 0.459. The number of amides is 1. The predicted molar refractivity (Wildman–Crippen MR) is 126 cm³/mol. The maximum atomic E-state index is 13.6. The van der Waals surface area contributed by atoms with Crippen molar-refractivity contribution < 1.29 is 14.3 Å². The van der Waals surface area contributed by atoms with Crippen LogP contribution < -0.4 is 0 Å². The number of fused-ring (bicyclic) bond motifs is 3. The number of carbonyl (C=O) groups is 2.